The van der Waals surface area contributed by atoms with Crippen molar-refractivity contribution < 1.29 is 39.2 Å². The Morgan fingerprint density at radius 1 is 0.875 bits per heavy atom. The molecule has 1 saturated heterocycles. The highest BCUT2D eigenvalue weighted by Crippen LogP contribution is 2.44. The second-order valence-electron chi connectivity index (χ2n) is 8.07. The average molecular weight is 442 g/mol. The van der Waals surface area contributed by atoms with Crippen LogP contribution in [0.25, 0.3) is 0 Å². The summed E-state index contributed by atoms with van der Waals surface area (Å²) < 4.78 is 11.0. The summed E-state index contributed by atoms with van der Waals surface area (Å²) in [6, 6.07) is 16.5. The summed E-state index contributed by atoms with van der Waals surface area (Å²) in [4.78, 5) is 37.0. The molecule has 170 valence electrons. The van der Waals surface area contributed by atoms with Crippen molar-refractivity contribution in [3.63, 3.8) is 0 Å². The van der Waals surface area contributed by atoms with Crippen LogP contribution in [0.3, 0.4) is 0 Å². The molecular weight excluding hydrogens is 416 g/mol. The lowest BCUT2D eigenvalue weighted by atomic mass is 9.63. The fourth-order valence-electron chi connectivity index (χ4n) is 4.00. The molecule has 3 N–H and O–H groups in total. The van der Waals surface area contributed by atoms with Crippen molar-refractivity contribution in [2.45, 2.75) is 50.3 Å². The van der Waals surface area contributed by atoms with Gasteiger partial charge in [-0.05, 0) is 50.5 Å². The standard InChI is InChI=1S/C24H26O8/c1-15(25)22(28)14-31-21(23(29,16(2)26)24(22,30)17(3)27)32-20-11-9-19(10-12-20)13-18-7-5-4-6-8-18/h4-12,21,28-30H,13-14H2,1-3H3/t21-,22+,23+,24+/m1/s1. The van der Waals surface area contributed by atoms with Gasteiger partial charge in [-0.25, -0.2) is 0 Å². The Labute approximate surface area is 185 Å². The smallest absolute Gasteiger partial charge is 0.239 e. The number of carbonyl (C=O) groups is 3. The largest absolute Gasteiger partial charge is 0.461 e. The summed E-state index contributed by atoms with van der Waals surface area (Å²) in [7, 11) is 0. The fourth-order valence-corrected chi connectivity index (χ4v) is 4.00. The summed E-state index contributed by atoms with van der Waals surface area (Å²) in [6.07, 6.45) is -1.18. The lowest BCUT2D eigenvalue weighted by Crippen LogP contribution is -2.84. The Morgan fingerprint density at radius 3 is 1.94 bits per heavy atom. The van der Waals surface area contributed by atoms with Crippen molar-refractivity contribution in [2.24, 2.45) is 0 Å². The SMILES string of the molecule is CC(=O)[C@]1(O)[C@@](O)(C(C)=O)CO[C@H](Oc2ccc(Cc3ccccc3)cc2)[C@@]1(O)C(C)=O. The molecule has 4 atom stereocenters. The number of Topliss-reactive ketones (excluding diaryl/α,β-unsaturated/α-hetero) is 3. The van der Waals surface area contributed by atoms with E-state index in [1.807, 2.05) is 30.3 Å². The number of hydrogen-bond donors (Lipinski definition) is 3. The Kier molecular flexibility index (Phi) is 6.35. The minimum atomic E-state index is -3.17. The van der Waals surface area contributed by atoms with Crippen LogP contribution in [-0.4, -0.2) is 62.4 Å². The predicted octanol–water partition coefficient (Wildman–Crippen LogP) is 0.973. The van der Waals surface area contributed by atoms with Crippen LogP contribution in [0.2, 0.25) is 0 Å². The number of carbonyl (C=O) groups excluding carboxylic acids is 3. The summed E-state index contributed by atoms with van der Waals surface area (Å²) in [5, 5.41) is 33.1. The van der Waals surface area contributed by atoms with Gasteiger partial charge in [0.15, 0.2) is 23.0 Å². The van der Waals surface area contributed by atoms with Gasteiger partial charge in [0.05, 0.1) is 6.61 Å². The molecule has 2 aromatic carbocycles. The van der Waals surface area contributed by atoms with Crippen molar-refractivity contribution in [2.75, 3.05) is 6.61 Å². The maximum absolute atomic E-state index is 12.5. The van der Waals surface area contributed by atoms with Gasteiger partial charge in [-0.2, -0.15) is 0 Å². The molecule has 0 saturated carbocycles. The van der Waals surface area contributed by atoms with E-state index < -0.39 is 47.0 Å². The van der Waals surface area contributed by atoms with E-state index >= 15 is 0 Å². The first-order valence-electron chi connectivity index (χ1n) is 10.1. The van der Waals surface area contributed by atoms with Gasteiger partial charge < -0.3 is 24.8 Å². The van der Waals surface area contributed by atoms with Crippen LogP contribution in [0.4, 0.5) is 0 Å². The van der Waals surface area contributed by atoms with Gasteiger partial charge in [-0.3, -0.25) is 14.4 Å². The van der Waals surface area contributed by atoms with E-state index in [0.717, 1.165) is 31.9 Å². The van der Waals surface area contributed by atoms with Gasteiger partial charge in [-0.1, -0.05) is 42.5 Å². The highest BCUT2D eigenvalue weighted by atomic mass is 16.7. The molecule has 0 aromatic heterocycles. The summed E-state index contributed by atoms with van der Waals surface area (Å²) in [6.45, 7) is 1.83. The van der Waals surface area contributed by atoms with Gasteiger partial charge in [0, 0.05) is 0 Å². The zero-order chi connectivity index (χ0) is 23.7. The van der Waals surface area contributed by atoms with Gasteiger partial charge in [-0.15, -0.1) is 0 Å². The normalized spacial score (nSPS) is 29.9. The summed E-state index contributed by atoms with van der Waals surface area (Å²) in [5.41, 5.74) is -6.97. The number of benzene rings is 2. The molecule has 0 spiro atoms. The lowest BCUT2D eigenvalue weighted by Gasteiger charge is -2.54. The van der Waals surface area contributed by atoms with E-state index in [-0.39, 0.29) is 5.75 Å². The second kappa shape index (κ2) is 8.55. The number of hydrogen-bond acceptors (Lipinski definition) is 8. The number of ether oxygens (including phenoxy) is 2. The number of aliphatic hydroxyl groups is 3. The molecule has 1 aliphatic rings. The minimum Gasteiger partial charge on any atom is -0.461 e. The van der Waals surface area contributed by atoms with Gasteiger partial charge in [0.25, 0.3) is 0 Å². The highest BCUT2D eigenvalue weighted by molar-refractivity contribution is 6.04. The van der Waals surface area contributed by atoms with Crippen LogP contribution < -0.4 is 4.74 Å². The molecule has 0 aliphatic carbocycles. The second-order valence-corrected chi connectivity index (χ2v) is 8.07. The van der Waals surface area contributed by atoms with Gasteiger partial charge in [0.1, 0.15) is 5.75 Å². The van der Waals surface area contributed by atoms with Crippen LogP contribution in [0, 0.1) is 0 Å². The Bertz CT molecular complexity index is 1020. The summed E-state index contributed by atoms with van der Waals surface area (Å²) >= 11 is 0. The third kappa shape index (κ3) is 3.65. The maximum atomic E-state index is 12.5. The van der Waals surface area contributed by atoms with E-state index in [2.05, 4.69) is 0 Å². The zero-order valence-electron chi connectivity index (χ0n) is 18.1. The van der Waals surface area contributed by atoms with Crippen molar-refractivity contribution in [3.05, 3.63) is 65.7 Å². The minimum absolute atomic E-state index is 0.186. The van der Waals surface area contributed by atoms with E-state index in [1.165, 1.54) is 0 Å². The van der Waals surface area contributed by atoms with E-state index in [4.69, 9.17) is 9.47 Å². The molecule has 1 fully saturated rings. The fraction of sp³-hybridized carbons (Fsp3) is 0.375. The molecule has 1 heterocycles. The van der Waals surface area contributed by atoms with Gasteiger partial charge in [0.2, 0.25) is 17.5 Å². The molecule has 0 unspecified atom stereocenters. The highest BCUT2D eigenvalue weighted by Gasteiger charge is 2.76. The third-order valence-electron chi connectivity index (χ3n) is 5.98. The van der Waals surface area contributed by atoms with Crippen LogP contribution in [0.5, 0.6) is 5.75 Å². The van der Waals surface area contributed by atoms with Crippen LogP contribution in [-0.2, 0) is 25.5 Å². The monoisotopic (exact) mass is 442 g/mol. The first kappa shape index (κ1) is 23.7. The van der Waals surface area contributed by atoms with Crippen LogP contribution in [0.15, 0.2) is 54.6 Å². The van der Waals surface area contributed by atoms with Crippen LogP contribution in [0.1, 0.15) is 31.9 Å². The number of ketones is 3. The van der Waals surface area contributed by atoms with Crippen molar-refractivity contribution >= 4 is 17.3 Å². The quantitative estimate of drug-likeness (QED) is 0.578. The molecule has 0 amide bonds. The first-order valence-corrected chi connectivity index (χ1v) is 10.1. The van der Waals surface area contributed by atoms with E-state index in [9.17, 15) is 29.7 Å². The molecule has 8 heteroatoms. The van der Waals surface area contributed by atoms with Crippen molar-refractivity contribution in [3.8, 4) is 5.75 Å². The van der Waals surface area contributed by atoms with E-state index in [1.54, 1.807) is 24.3 Å². The zero-order valence-corrected chi connectivity index (χ0v) is 18.1. The maximum Gasteiger partial charge on any atom is 0.239 e. The third-order valence-corrected chi connectivity index (χ3v) is 5.98. The molecule has 32 heavy (non-hydrogen) atoms. The average Bonchev–Trinajstić information content (AvgIpc) is 2.75. The van der Waals surface area contributed by atoms with E-state index in [0.29, 0.717) is 6.42 Å². The lowest BCUT2D eigenvalue weighted by molar-refractivity contribution is -0.327. The van der Waals surface area contributed by atoms with Crippen LogP contribution >= 0.6 is 0 Å². The van der Waals surface area contributed by atoms with Crippen molar-refractivity contribution in [1.29, 1.82) is 0 Å². The Morgan fingerprint density at radius 2 is 1.44 bits per heavy atom. The molecule has 3 rings (SSSR count). The topological polar surface area (TPSA) is 130 Å². The molecule has 0 bridgehead atoms. The van der Waals surface area contributed by atoms with Gasteiger partial charge >= 0.3 is 0 Å². The number of rotatable bonds is 7. The summed E-state index contributed by atoms with van der Waals surface area (Å²) in [5.74, 6) is -3.15. The Hall–Kier alpha value is -2.91. The first-order chi connectivity index (χ1) is 15.0. The molecule has 1 aliphatic heterocycles. The molecule has 2 aromatic rings. The predicted molar refractivity (Wildman–Crippen MR) is 113 cm³/mol. The Balaban J connectivity index is 1.91. The van der Waals surface area contributed by atoms with Crippen molar-refractivity contribution in [1.82, 2.24) is 0 Å². The molecule has 8 nitrogen and oxygen atoms in total. The molecule has 0 radical (unpaired) electrons. The molecular formula is C24H26O8.